The molecule has 0 saturated heterocycles. The number of carboxylic acid groups (broad SMARTS) is 1. The van der Waals surface area contributed by atoms with E-state index in [1.54, 1.807) is 0 Å². The summed E-state index contributed by atoms with van der Waals surface area (Å²) >= 11 is 0. The molecule has 0 radical (unpaired) electrons. The number of rotatable bonds is 8. The van der Waals surface area contributed by atoms with E-state index < -0.39 is 17.9 Å². The van der Waals surface area contributed by atoms with Crippen molar-refractivity contribution in [1.29, 1.82) is 0 Å². The van der Waals surface area contributed by atoms with Gasteiger partial charge in [-0.1, -0.05) is 32.1 Å². The van der Waals surface area contributed by atoms with Crippen LogP contribution < -0.4 is 11.1 Å². The molecular formula is C14H24N2O4. The van der Waals surface area contributed by atoms with Crippen LogP contribution in [-0.4, -0.2) is 28.9 Å². The number of hydrogen-bond donors (Lipinski definition) is 3. The molecular weight excluding hydrogens is 260 g/mol. The second kappa shape index (κ2) is 8.55. The van der Waals surface area contributed by atoms with Gasteiger partial charge in [0.2, 0.25) is 11.8 Å². The Bertz CT molecular complexity index is 351. The van der Waals surface area contributed by atoms with E-state index in [2.05, 4.69) is 5.32 Å². The molecule has 1 atom stereocenters. The predicted octanol–water partition coefficient (Wildman–Crippen LogP) is 1.18. The molecule has 6 nitrogen and oxygen atoms in total. The molecule has 20 heavy (non-hydrogen) atoms. The topological polar surface area (TPSA) is 109 Å². The summed E-state index contributed by atoms with van der Waals surface area (Å²) in [6, 6.07) is -1.03. The molecule has 6 heteroatoms. The lowest BCUT2D eigenvalue weighted by atomic mass is 9.86. The van der Waals surface area contributed by atoms with Gasteiger partial charge in [-0.15, -0.1) is 0 Å². The Balaban J connectivity index is 2.29. The maximum Gasteiger partial charge on any atom is 0.326 e. The van der Waals surface area contributed by atoms with Crippen molar-refractivity contribution in [3.63, 3.8) is 0 Å². The molecule has 1 aliphatic carbocycles. The summed E-state index contributed by atoms with van der Waals surface area (Å²) in [7, 11) is 0. The zero-order chi connectivity index (χ0) is 15.0. The largest absolute Gasteiger partial charge is 0.480 e. The van der Waals surface area contributed by atoms with E-state index >= 15 is 0 Å². The highest BCUT2D eigenvalue weighted by Crippen LogP contribution is 2.27. The van der Waals surface area contributed by atoms with Crippen molar-refractivity contribution < 1.29 is 19.5 Å². The molecule has 0 bridgehead atoms. The van der Waals surface area contributed by atoms with E-state index in [1.807, 2.05) is 0 Å². The molecule has 1 saturated carbocycles. The van der Waals surface area contributed by atoms with E-state index in [9.17, 15) is 14.4 Å². The number of nitrogens with one attached hydrogen (secondary N) is 1. The van der Waals surface area contributed by atoms with Crippen molar-refractivity contribution in [2.75, 3.05) is 0 Å². The third kappa shape index (κ3) is 6.54. The second-order valence-corrected chi connectivity index (χ2v) is 5.51. The van der Waals surface area contributed by atoms with E-state index in [1.165, 1.54) is 19.3 Å². The third-order valence-electron chi connectivity index (χ3n) is 3.82. The molecule has 0 spiro atoms. The van der Waals surface area contributed by atoms with Gasteiger partial charge in [-0.25, -0.2) is 4.79 Å². The highest BCUT2D eigenvalue weighted by Gasteiger charge is 2.21. The minimum atomic E-state index is -1.13. The Labute approximate surface area is 119 Å². The second-order valence-electron chi connectivity index (χ2n) is 5.51. The van der Waals surface area contributed by atoms with Crippen LogP contribution in [0.25, 0.3) is 0 Å². The van der Waals surface area contributed by atoms with Crippen molar-refractivity contribution in [2.24, 2.45) is 11.7 Å². The van der Waals surface area contributed by atoms with Gasteiger partial charge in [0.05, 0.1) is 0 Å². The molecule has 0 heterocycles. The molecule has 1 fully saturated rings. The van der Waals surface area contributed by atoms with E-state index in [0.717, 1.165) is 19.3 Å². The van der Waals surface area contributed by atoms with Gasteiger partial charge in [0.25, 0.3) is 0 Å². The predicted molar refractivity (Wildman–Crippen MR) is 73.8 cm³/mol. The highest BCUT2D eigenvalue weighted by atomic mass is 16.4. The maximum absolute atomic E-state index is 11.8. The van der Waals surface area contributed by atoms with Crippen molar-refractivity contribution in [3.8, 4) is 0 Å². The van der Waals surface area contributed by atoms with Gasteiger partial charge in [0.15, 0.2) is 0 Å². The van der Waals surface area contributed by atoms with Crippen LogP contribution in [0.5, 0.6) is 0 Å². The fourth-order valence-corrected chi connectivity index (χ4v) is 2.62. The van der Waals surface area contributed by atoms with E-state index in [0.29, 0.717) is 12.3 Å². The lowest BCUT2D eigenvalue weighted by Crippen LogP contribution is -2.41. The highest BCUT2D eigenvalue weighted by molar-refractivity contribution is 5.84. The smallest absolute Gasteiger partial charge is 0.326 e. The summed E-state index contributed by atoms with van der Waals surface area (Å²) < 4.78 is 0. The number of carbonyl (C=O) groups is 3. The van der Waals surface area contributed by atoms with Crippen molar-refractivity contribution in [1.82, 2.24) is 5.32 Å². The van der Waals surface area contributed by atoms with Gasteiger partial charge in [0, 0.05) is 12.8 Å². The minimum absolute atomic E-state index is 0.0415. The molecule has 1 rings (SSSR count). The van der Waals surface area contributed by atoms with E-state index in [4.69, 9.17) is 10.8 Å². The quantitative estimate of drug-likeness (QED) is 0.621. The summed E-state index contributed by atoms with van der Waals surface area (Å²) in [5.74, 6) is -1.36. The van der Waals surface area contributed by atoms with Crippen LogP contribution >= 0.6 is 0 Å². The van der Waals surface area contributed by atoms with Crippen LogP contribution in [-0.2, 0) is 14.4 Å². The zero-order valence-corrected chi connectivity index (χ0v) is 11.8. The maximum atomic E-state index is 11.8. The first kappa shape index (κ1) is 16.5. The van der Waals surface area contributed by atoms with Gasteiger partial charge >= 0.3 is 5.97 Å². The molecule has 1 aliphatic rings. The van der Waals surface area contributed by atoms with Crippen molar-refractivity contribution in [3.05, 3.63) is 0 Å². The van der Waals surface area contributed by atoms with Crippen molar-refractivity contribution >= 4 is 17.8 Å². The van der Waals surface area contributed by atoms with Crippen molar-refractivity contribution in [2.45, 2.75) is 63.8 Å². The first-order valence-corrected chi connectivity index (χ1v) is 7.29. The van der Waals surface area contributed by atoms with Crippen LogP contribution in [0.4, 0.5) is 0 Å². The number of aliphatic carboxylic acids is 1. The van der Waals surface area contributed by atoms with Crippen LogP contribution in [0, 0.1) is 5.92 Å². The molecule has 114 valence electrons. The third-order valence-corrected chi connectivity index (χ3v) is 3.82. The first-order valence-electron chi connectivity index (χ1n) is 7.29. The molecule has 0 aromatic carbocycles. The normalized spacial score (nSPS) is 17.4. The number of nitrogens with two attached hydrogens (primary N) is 1. The number of carboxylic acids is 1. The molecule has 4 N–H and O–H groups in total. The Hall–Kier alpha value is -1.59. The molecule has 0 aromatic rings. The average molecular weight is 284 g/mol. The van der Waals surface area contributed by atoms with E-state index in [-0.39, 0.29) is 18.7 Å². The standard InChI is InChI=1S/C14H24N2O4/c15-12(17)8-7-11(14(19)20)16-13(18)9-6-10-4-2-1-3-5-10/h10-11H,1-9H2,(H2,15,17)(H,16,18)(H,19,20)/t11-/m1/s1. The average Bonchev–Trinajstić information content (AvgIpc) is 2.41. The number of carbonyl (C=O) groups excluding carboxylic acids is 2. The Kier molecular flexibility index (Phi) is 7.04. The number of amides is 2. The number of primary amides is 1. The fourth-order valence-electron chi connectivity index (χ4n) is 2.62. The van der Waals surface area contributed by atoms with Gasteiger partial charge in [-0.3, -0.25) is 9.59 Å². The monoisotopic (exact) mass is 284 g/mol. The zero-order valence-electron chi connectivity index (χ0n) is 11.8. The Morgan fingerprint density at radius 1 is 1.15 bits per heavy atom. The summed E-state index contributed by atoms with van der Waals surface area (Å²) in [5.41, 5.74) is 4.98. The van der Waals surface area contributed by atoms with Crippen LogP contribution in [0.3, 0.4) is 0 Å². The number of hydrogen-bond acceptors (Lipinski definition) is 3. The molecule has 0 aromatic heterocycles. The molecule has 0 aliphatic heterocycles. The van der Waals surface area contributed by atoms with Crippen LogP contribution in [0.2, 0.25) is 0 Å². The lowest BCUT2D eigenvalue weighted by Gasteiger charge is -2.21. The van der Waals surface area contributed by atoms with Crippen LogP contribution in [0.1, 0.15) is 57.8 Å². The first-order chi connectivity index (χ1) is 9.49. The van der Waals surface area contributed by atoms with Gasteiger partial charge in [-0.05, 0) is 18.8 Å². The Morgan fingerprint density at radius 2 is 1.80 bits per heavy atom. The SMILES string of the molecule is NC(=O)CC[C@@H](NC(=O)CCC1CCCCC1)C(=O)O. The fraction of sp³-hybridized carbons (Fsp3) is 0.786. The molecule has 2 amide bonds. The summed E-state index contributed by atoms with van der Waals surface area (Å²) in [5, 5.41) is 11.5. The van der Waals surface area contributed by atoms with Gasteiger partial charge in [0.1, 0.15) is 6.04 Å². The Morgan fingerprint density at radius 3 is 2.35 bits per heavy atom. The molecule has 0 unspecified atom stereocenters. The summed E-state index contributed by atoms with van der Waals surface area (Å²) in [6.45, 7) is 0. The summed E-state index contributed by atoms with van der Waals surface area (Å²) in [4.78, 5) is 33.4. The lowest BCUT2D eigenvalue weighted by molar-refractivity contribution is -0.142. The van der Waals surface area contributed by atoms with Crippen LogP contribution in [0.15, 0.2) is 0 Å². The minimum Gasteiger partial charge on any atom is -0.480 e. The van der Waals surface area contributed by atoms with Gasteiger partial charge in [-0.2, -0.15) is 0 Å². The van der Waals surface area contributed by atoms with Gasteiger partial charge < -0.3 is 16.2 Å². The summed E-state index contributed by atoms with van der Waals surface area (Å²) in [6.07, 6.45) is 7.22.